The van der Waals surface area contributed by atoms with Gasteiger partial charge < -0.3 is 10.6 Å². The third kappa shape index (κ3) is 5.16. The molecular formula is C22H29N3O2. The van der Waals surface area contributed by atoms with E-state index in [9.17, 15) is 9.59 Å². The summed E-state index contributed by atoms with van der Waals surface area (Å²) in [7, 11) is 0. The molecule has 2 N–H and O–H groups in total. The van der Waals surface area contributed by atoms with Crippen molar-refractivity contribution in [2.24, 2.45) is 0 Å². The Bertz CT molecular complexity index is 787. The lowest BCUT2D eigenvalue weighted by Gasteiger charge is -2.20. The average molecular weight is 367 g/mol. The molecule has 1 aromatic heterocycles. The summed E-state index contributed by atoms with van der Waals surface area (Å²) in [6.45, 7) is 11.0. The summed E-state index contributed by atoms with van der Waals surface area (Å²) in [4.78, 5) is 29.2. The highest BCUT2D eigenvalue weighted by atomic mass is 16.2. The number of carbonyl (C=O) groups is 2. The molecule has 1 heterocycles. The summed E-state index contributed by atoms with van der Waals surface area (Å²) in [6.07, 6.45) is 0.843. The maximum Gasteiger partial charge on any atom is 0.274 e. The molecule has 0 aliphatic carbocycles. The van der Waals surface area contributed by atoms with Crippen LogP contribution < -0.4 is 10.6 Å². The zero-order valence-electron chi connectivity index (χ0n) is 16.8. The van der Waals surface area contributed by atoms with Crippen LogP contribution in [0, 0.1) is 0 Å². The van der Waals surface area contributed by atoms with Gasteiger partial charge in [-0.2, -0.15) is 0 Å². The molecule has 0 aliphatic heterocycles. The first-order valence-corrected chi connectivity index (χ1v) is 9.54. The molecule has 5 heteroatoms. The fourth-order valence-electron chi connectivity index (χ4n) is 2.89. The van der Waals surface area contributed by atoms with Crippen LogP contribution in [0.15, 0.2) is 36.4 Å². The summed E-state index contributed by atoms with van der Waals surface area (Å²) in [5.41, 5.74) is 3.50. The quantitative estimate of drug-likeness (QED) is 0.744. The fourth-order valence-corrected chi connectivity index (χ4v) is 2.89. The molecule has 0 bridgehead atoms. The molecule has 2 rings (SSSR count). The molecule has 144 valence electrons. The van der Waals surface area contributed by atoms with Crippen LogP contribution in [0.4, 0.5) is 5.69 Å². The number of benzene rings is 1. The number of nitrogens with one attached hydrogen (secondary N) is 2. The SMILES string of the molecule is CCCNC(=O)c1cccc(C(=O)Nc2c(C(C)C)cccc2C(C)C)n1. The van der Waals surface area contributed by atoms with Crippen LogP contribution in [0.2, 0.25) is 0 Å². The molecule has 0 saturated carbocycles. The van der Waals surface area contributed by atoms with Crippen molar-refractivity contribution in [3.05, 3.63) is 58.9 Å². The van der Waals surface area contributed by atoms with E-state index in [0.717, 1.165) is 23.2 Å². The minimum atomic E-state index is -0.310. The monoisotopic (exact) mass is 367 g/mol. The van der Waals surface area contributed by atoms with E-state index in [-0.39, 0.29) is 35.0 Å². The second kappa shape index (κ2) is 9.31. The van der Waals surface area contributed by atoms with Crippen molar-refractivity contribution in [1.82, 2.24) is 10.3 Å². The summed E-state index contributed by atoms with van der Waals surface area (Å²) in [6, 6.07) is 11.0. The van der Waals surface area contributed by atoms with E-state index in [4.69, 9.17) is 0 Å². The van der Waals surface area contributed by atoms with Gasteiger partial charge in [0.1, 0.15) is 11.4 Å². The molecule has 0 saturated heterocycles. The molecule has 0 fully saturated rings. The molecule has 0 unspecified atom stereocenters. The number of aromatic nitrogens is 1. The van der Waals surface area contributed by atoms with Gasteiger partial charge in [-0.3, -0.25) is 9.59 Å². The number of pyridine rings is 1. The molecule has 2 aromatic rings. The smallest absolute Gasteiger partial charge is 0.274 e. The lowest BCUT2D eigenvalue weighted by atomic mass is 9.92. The van der Waals surface area contributed by atoms with Gasteiger partial charge in [0.25, 0.3) is 11.8 Å². The summed E-state index contributed by atoms with van der Waals surface area (Å²) < 4.78 is 0. The van der Waals surface area contributed by atoms with E-state index in [1.807, 2.05) is 25.1 Å². The molecule has 0 aliphatic rings. The van der Waals surface area contributed by atoms with Crippen molar-refractivity contribution >= 4 is 17.5 Å². The van der Waals surface area contributed by atoms with Crippen LogP contribution in [0.1, 0.15) is 85.0 Å². The molecule has 0 atom stereocenters. The normalized spacial score (nSPS) is 10.9. The van der Waals surface area contributed by atoms with Crippen LogP contribution in [0.3, 0.4) is 0 Å². The molecule has 1 aromatic carbocycles. The van der Waals surface area contributed by atoms with Gasteiger partial charge >= 0.3 is 0 Å². The first kappa shape index (κ1) is 20.6. The lowest BCUT2D eigenvalue weighted by Crippen LogP contribution is -2.26. The Kier molecular flexibility index (Phi) is 7.11. The topological polar surface area (TPSA) is 71.1 Å². The Morgan fingerprint density at radius 2 is 1.41 bits per heavy atom. The van der Waals surface area contributed by atoms with Gasteiger partial charge in [0, 0.05) is 12.2 Å². The largest absolute Gasteiger partial charge is 0.351 e. The highest BCUT2D eigenvalue weighted by molar-refractivity contribution is 6.04. The Morgan fingerprint density at radius 3 is 1.93 bits per heavy atom. The molecule has 27 heavy (non-hydrogen) atoms. The van der Waals surface area contributed by atoms with Gasteiger partial charge in [-0.1, -0.05) is 58.9 Å². The standard InChI is InChI=1S/C22H29N3O2/c1-6-13-23-21(26)18-11-8-12-19(24-18)22(27)25-20-16(14(2)3)9-7-10-17(20)15(4)5/h7-12,14-15H,6,13H2,1-5H3,(H,23,26)(H,25,27). The van der Waals surface area contributed by atoms with Crippen molar-refractivity contribution in [2.75, 3.05) is 11.9 Å². The number of carbonyl (C=O) groups excluding carboxylic acids is 2. The molecule has 0 spiro atoms. The lowest BCUT2D eigenvalue weighted by molar-refractivity contribution is 0.0948. The zero-order chi connectivity index (χ0) is 20.0. The van der Waals surface area contributed by atoms with Gasteiger partial charge in [-0.25, -0.2) is 4.98 Å². The number of anilines is 1. The number of rotatable bonds is 7. The van der Waals surface area contributed by atoms with E-state index >= 15 is 0 Å². The fraction of sp³-hybridized carbons (Fsp3) is 0.409. The zero-order valence-corrected chi connectivity index (χ0v) is 16.8. The van der Waals surface area contributed by atoms with Gasteiger partial charge in [-0.15, -0.1) is 0 Å². The first-order chi connectivity index (χ1) is 12.8. The Balaban J connectivity index is 2.32. The molecule has 0 radical (unpaired) electrons. The second-order valence-electron chi connectivity index (χ2n) is 7.24. The molecular weight excluding hydrogens is 338 g/mol. The van der Waals surface area contributed by atoms with Crippen LogP contribution >= 0.6 is 0 Å². The number of para-hydroxylation sites is 1. The highest BCUT2D eigenvalue weighted by Crippen LogP contribution is 2.32. The minimum Gasteiger partial charge on any atom is -0.351 e. The molecule has 2 amide bonds. The number of hydrogen-bond acceptors (Lipinski definition) is 3. The third-order valence-electron chi connectivity index (χ3n) is 4.36. The van der Waals surface area contributed by atoms with E-state index in [0.29, 0.717) is 6.54 Å². The van der Waals surface area contributed by atoms with Crippen molar-refractivity contribution in [1.29, 1.82) is 0 Å². The maximum absolute atomic E-state index is 12.8. The van der Waals surface area contributed by atoms with Crippen LogP contribution in [-0.4, -0.2) is 23.3 Å². The summed E-state index contributed by atoms with van der Waals surface area (Å²) in [5, 5.41) is 5.81. The Hall–Kier alpha value is -2.69. The summed E-state index contributed by atoms with van der Waals surface area (Å²) >= 11 is 0. The Labute approximate surface area is 161 Å². The van der Waals surface area contributed by atoms with Crippen molar-refractivity contribution < 1.29 is 9.59 Å². The number of nitrogens with zero attached hydrogens (tertiary/aromatic N) is 1. The Morgan fingerprint density at radius 1 is 0.889 bits per heavy atom. The van der Waals surface area contributed by atoms with E-state index in [1.165, 1.54) is 0 Å². The number of amides is 2. The minimum absolute atomic E-state index is 0.229. The van der Waals surface area contributed by atoms with E-state index < -0.39 is 0 Å². The first-order valence-electron chi connectivity index (χ1n) is 9.54. The van der Waals surface area contributed by atoms with Gasteiger partial charge in [0.2, 0.25) is 0 Å². The van der Waals surface area contributed by atoms with Crippen LogP contribution in [-0.2, 0) is 0 Å². The van der Waals surface area contributed by atoms with E-state index in [2.05, 4.69) is 43.3 Å². The predicted molar refractivity (Wildman–Crippen MR) is 109 cm³/mol. The van der Waals surface area contributed by atoms with Crippen LogP contribution in [0.25, 0.3) is 0 Å². The van der Waals surface area contributed by atoms with Crippen molar-refractivity contribution in [2.45, 2.75) is 52.9 Å². The van der Waals surface area contributed by atoms with E-state index in [1.54, 1.807) is 18.2 Å². The summed E-state index contributed by atoms with van der Waals surface area (Å²) in [5.74, 6) is -0.0247. The van der Waals surface area contributed by atoms with Crippen molar-refractivity contribution in [3.63, 3.8) is 0 Å². The molecule has 5 nitrogen and oxygen atoms in total. The van der Waals surface area contributed by atoms with Crippen LogP contribution in [0.5, 0.6) is 0 Å². The van der Waals surface area contributed by atoms with Crippen molar-refractivity contribution in [3.8, 4) is 0 Å². The highest BCUT2D eigenvalue weighted by Gasteiger charge is 2.18. The van der Waals surface area contributed by atoms with Gasteiger partial charge in [0.05, 0.1) is 0 Å². The number of hydrogen-bond donors (Lipinski definition) is 2. The van der Waals surface area contributed by atoms with Gasteiger partial charge in [0.15, 0.2) is 0 Å². The third-order valence-corrected chi connectivity index (χ3v) is 4.36. The van der Waals surface area contributed by atoms with Gasteiger partial charge in [-0.05, 0) is 41.5 Å². The second-order valence-corrected chi connectivity index (χ2v) is 7.24. The average Bonchev–Trinajstić information content (AvgIpc) is 2.65. The predicted octanol–water partition coefficient (Wildman–Crippen LogP) is 4.72. The maximum atomic E-state index is 12.8.